The van der Waals surface area contributed by atoms with Crippen LogP contribution in [0.15, 0.2) is 0 Å². The van der Waals surface area contributed by atoms with E-state index in [1.807, 2.05) is 0 Å². The van der Waals surface area contributed by atoms with E-state index in [4.69, 9.17) is 0 Å². The summed E-state index contributed by atoms with van der Waals surface area (Å²) < 4.78 is 22.7. The predicted octanol–water partition coefficient (Wildman–Crippen LogP) is 0.493. The molecule has 2 aliphatic heterocycles. The van der Waals surface area contributed by atoms with Crippen LogP contribution in [0.2, 0.25) is 0 Å². The Balaban J connectivity index is 1.82. The van der Waals surface area contributed by atoms with Crippen LogP contribution < -0.4 is 5.32 Å². The molecular weight excluding hydrogens is 236 g/mol. The molecule has 0 aromatic carbocycles. The van der Waals surface area contributed by atoms with Crippen molar-refractivity contribution in [3.63, 3.8) is 0 Å². The number of nitrogens with zero attached hydrogens (tertiary/aromatic N) is 1. The molecule has 0 spiro atoms. The van der Waals surface area contributed by atoms with Crippen LogP contribution in [0.5, 0.6) is 0 Å². The normalized spacial score (nSPS) is 35.9. The maximum Gasteiger partial charge on any atom is 0.150 e. The van der Waals surface area contributed by atoms with E-state index in [1.165, 1.54) is 6.42 Å². The number of likely N-dealkylation sites (tertiary alicyclic amines) is 1. The van der Waals surface area contributed by atoms with Crippen LogP contribution in [-0.4, -0.2) is 57.0 Å². The highest BCUT2D eigenvalue weighted by Gasteiger charge is 2.29. The van der Waals surface area contributed by atoms with E-state index in [2.05, 4.69) is 24.2 Å². The Morgan fingerprint density at radius 1 is 1.18 bits per heavy atom. The Labute approximate surface area is 105 Å². The molecule has 0 aromatic heterocycles. The van der Waals surface area contributed by atoms with Crippen molar-refractivity contribution in [3.8, 4) is 0 Å². The molecule has 0 aromatic rings. The fourth-order valence-corrected chi connectivity index (χ4v) is 4.45. The first-order chi connectivity index (χ1) is 7.96. The molecule has 17 heavy (non-hydrogen) atoms. The van der Waals surface area contributed by atoms with Gasteiger partial charge in [0.15, 0.2) is 0 Å². The minimum Gasteiger partial charge on any atom is -0.311 e. The third-order valence-corrected chi connectivity index (χ3v) is 5.83. The summed E-state index contributed by atoms with van der Waals surface area (Å²) in [5, 5.41) is 3.67. The largest absolute Gasteiger partial charge is 0.311 e. The van der Waals surface area contributed by atoms with E-state index in [0.717, 1.165) is 25.9 Å². The smallest absolute Gasteiger partial charge is 0.150 e. The van der Waals surface area contributed by atoms with Crippen LogP contribution >= 0.6 is 0 Å². The van der Waals surface area contributed by atoms with Gasteiger partial charge in [0.25, 0.3) is 0 Å². The van der Waals surface area contributed by atoms with E-state index < -0.39 is 9.84 Å². The molecule has 2 fully saturated rings. The Bertz CT molecular complexity index is 342. The molecule has 100 valence electrons. The van der Waals surface area contributed by atoms with Crippen LogP contribution in [0.4, 0.5) is 0 Å². The van der Waals surface area contributed by atoms with Crippen LogP contribution in [0, 0.1) is 5.92 Å². The Morgan fingerprint density at radius 3 is 2.41 bits per heavy atom. The molecule has 2 aliphatic rings. The van der Waals surface area contributed by atoms with Gasteiger partial charge in [-0.25, -0.2) is 8.42 Å². The summed E-state index contributed by atoms with van der Waals surface area (Å²) >= 11 is 0. The SMILES string of the molecule is CC1CN(C)CCC1NC1CCS(=O)(=O)CC1. The molecule has 1 N–H and O–H groups in total. The predicted molar refractivity (Wildman–Crippen MR) is 69.9 cm³/mol. The van der Waals surface area contributed by atoms with Crippen LogP contribution in [0.1, 0.15) is 26.2 Å². The first-order valence-corrected chi connectivity index (χ1v) is 8.43. The first-order valence-electron chi connectivity index (χ1n) is 6.61. The molecule has 0 radical (unpaired) electrons. The summed E-state index contributed by atoms with van der Waals surface area (Å²) in [6.07, 6.45) is 2.77. The second-order valence-electron chi connectivity index (χ2n) is 5.73. The fraction of sp³-hybridized carbons (Fsp3) is 1.00. The van der Waals surface area contributed by atoms with Gasteiger partial charge in [0.05, 0.1) is 11.5 Å². The fourth-order valence-electron chi connectivity index (χ4n) is 2.96. The molecule has 2 unspecified atom stereocenters. The van der Waals surface area contributed by atoms with Crippen molar-refractivity contribution in [1.82, 2.24) is 10.2 Å². The summed E-state index contributed by atoms with van der Waals surface area (Å²) in [7, 11) is -0.560. The molecule has 2 saturated heterocycles. The topological polar surface area (TPSA) is 49.4 Å². The lowest BCUT2D eigenvalue weighted by Crippen LogP contribution is -2.51. The molecule has 4 nitrogen and oxygen atoms in total. The minimum atomic E-state index is -2.73. The lowest BCUT2D eigenvalue weighted by molar-refractivity contribution is 0.164. The standard InChI is InChI=1S/C12H24N2O2S/c1-10-9-14(2)6-3-12(10)13-11-4-7-17(15,16)8-5-11/h10-13H,3-9H2,1-2H3. The van der Waals surface area contributed by atoms with Gasteiger partial charge in [0, 0.05) is 18.6 Å². The van der Waals surface area contributed by atoms with Crippen molar-refractivity contribution in [1.29, 1.82) is 0 Å². The molecule has 5 heteroatoms. The van der Waals surface area contributed by atoms with E-state index in [-0.39, 0.29) is 0 Å². The number of hydrogen-bond acceptors (Lipinski definition) is 4. The van der Waals surface area contributed by atoms with Crippen molar-refractivity contribution in [3.05, 3.63) is 0 Å². The maximum atomic E-state index is 11.4. The Kier molecular flexibility index (Phi) is 4.10. The molecule has 0 aliphatic carbocycles. The second kappa shape index (κ2) is 5.24. The van der Waals surface area contributed by atoms with Gasteiger partial charge in [-0.3, -0.25) is 0 Å². The Morgan fingerprint density at radius 2 is 1.82 bits per heavy atom. The Hall–Kier alpha value is -0.130. The van der Waals surface area contributed by atoms with Gasteiger partial charge in [0.1, 0.15) is 9.84 Å². The highest BCUT2D eigenvalue weighted by molar-refractivity contribution is 7.91. The number of nitrogens with one attached hydrogen (secondary N) is 1. The van der Waals surface area contributed by atoms with Crippen LogP contribution in [0.3, 0.4) is 0 Å². The van der Waals surface area contributed by atoms with Crippen molar-refractivity contribution in [2.45, 2.75) is 38.3 Å². The highest BCUT2D eigenvalue weighted by atomic mass is 32.2. The molecule has 2 atom stereocenters. The van der Waals surface area contributed by atoms with Gasteiger partial charge in [-0.2, -0.15) is 0 Å². The average molecular weight is 260 g/mol. The molecule has 0 bridgehead atoms. The van der Waals surface area contributed by atoms with Gasteiger partial charge >= 0.3 is 0 Å². The van der Waals surface area contributed by atoms with Crippen molar-refractivity contribution < 1.29 is 8.42 Å². The zero-order valence-electron chi connectivity index (χ0n) is 10.9. The summed E-state index contributed by atoms with van der Waals surface area (Å²) in [5.41, 5.74) is 0. The van der Waals surface area contributed by atoms with Crippen molar-refractivity contribution >= 4 is 9.84 Å². The molecule has 2 rings (SSSR count). The third kappa shape index (κ3) is 3.66. The van der Waals surface area contributed by atoms with Gasteiger partial charge in [-0.1, -0.05) is 6.92 Å². The van der Waals surface area contributed by atoms with E-state index in [1.54, 1.807) is 0 Å². The zero-order chi connectivity index (χ0) is 12.5. The lowest BCUT2D eigenvalue weighted by atomic mass is 9.93. The van der Waals surface area contributed by atoms with E-state index in [0.29, 0.717) is 29.5 Å². The highest BCUT2D eigenvalue weighted by Crippen LogP contribution is 2.19. The first kappa shape index (κ1) is 13.3. The summed E-state index contributed by atoms with van der Waals surface area (Å²) in [4.78, 5) is 2.37. The van der Waals surface area contributed by atoms with E-state index in [9.17, 15) is 8.42 Å². The zero-order valence-corrected chi connectivity index (χ0v) is 11.7. The van der Waals surface area contributed by atoms with Crippen molar-refractivity contribution in [2.75, 3.05) is 31.6 Å². The maximum absolute atomic E-state index is 11.4. The lowest BCUT2D eigenvalue weighted by Gasteiger charge is -2.38. The minimum absolute atomic E-state index is 0.367. The number of piperidine rings is 1. The van der Waals surface area contributed by atoms with Crippen molar-refractivity contribution in [2.24, 2.45) is 5.92 Å². The van der Waals surface area contributed by atoms with Crippen LogP contribution in [-0.2, 0) is 9.84 Å². The van der Waals surface area contributed by atoms with Gasteiger partial charge in [-0.15, -0.1) is 0 Å². The quantitative estimate of drug-likeness (QED) is 0.785. The number of hydrogen-bond donors (Lipinski definition) is 1. The summed E-state index contributed by atoms with van der Waals surface area (Å²) in [6, 6.07) is 0.978. The molecule has 0 amide bonds. The van der Waals surface area contributed by atoms with E-state index >= 15 is 0 Å². The number of rotatable bonds is 2. The number of sulfone groups is 1. The second-order valence-corrected chi connectivity index (χ2v) is 8.03. The van der Waals surface area contributed by atoms with Gasteiger partial charge in [0.2, 0.25) is 0 Å². The molecule has 0 saturated carbocycles. The van der Waals surface area contributed by atoms with Crippen LogP contribution in [0.25, 0.3) is 0 Å². The average Bonchev–Trinajstić information content (AvgIpc) is 2.25. The van der Waals surface area contributed by atoms with Gasteiger partial charge in [-0.05, 0) is 38.8 Å². The third-order valence-electron chi connectivity index (χ3n) is 4.11. The van der Waals surface area contributed by atoms with Gasteiger partial charge < -0.3 is 10.2 Å². The summed E-state index contributed by atoms with van der Waals surface area (Å²) in [6.45, 7) is 4.57. The molecular formula is C12H24N2O2S. The monoisotopic (exact) mass is 260 g/mol. The molecule has 2 heterocycles. The summed E-state index contributed by atoms with van der Waals surface area (Å²) in [5.74, 6) is 1.39.